The van der Waals surface area contributed by atoms with E-state index in [1.165, 1.54) is 11.5 Å². The molecule has 0 aliphatic carbocycles. The predicted molar refractivity (Wildman–Crippen MR) is 107 cm³/mol. The van der Waals surface area contributed by atoms with Crippen molar-refractivity contribution in [2.45, 2.75) is 39.4 Å². The molecule has 1 amide bonds. The molecular weight excluding hydrogens is 372 g/mol. The summed E-state index contributed by atoms with van der Waals surface area (Å²) in [5.41, 5.74) is 1.64. The molecule has 2 aromatic heterocycles. The topological polar surface area (TPSA) is 97.4 Å². The van der Waals surface area contributed by atoms with E-state index >= 15 is 0 Å². The Balaban J connectivity index is 1.59. The molecule has 0 saturated heterocycles. The second-order valence-electron chi connectivity index (χ2n) is 7.28. The SMILES string of the molecule is CC(=O)N1CCc2c(cn(CCCn3ncc4ccccc43)c(=O)c2C(=O)O)C1. The van der Waals surface area contributed by atoms with Gasteiger partial charge in [0, 0.05) is 44.7 Å². The van der Waals surface area contributed by atoms with Gasteiger partial charge in [-0.1, -0.05) is 18.2 Å². The van der Waals surface area contributed by atoms with E-state index in [1.54, 1.807) is 17.3 Å². The van der Waals surface area contributed by atoms with Crippen molar-refractivity contribution in [3.8, 4) is 0 Å². The fourth-order valence-electron chi connectivity index (χ4n) is 3.96. The summed E-state index contributed by atoms with van der Waals surface area (Å²) in [4.78, 5) is 37.9. The maximum Gasteiger partial charge on any atom is 0.341 e. The number of aromatic nitrogens is 3. The van der Waals surface area contributed by atoms with E-state index in [-0.39, 0.29) is 11.5 Å². The Bertz CT molecular complexity index is 1160. The molecule has 1 N–H and O–H groups in total. The first-order chi connectivity index (χ1) is 14.0. The van der Waals surface area contributed by atoms with Crippen molar-refractivity contribution in [1.29, 1.82) is 0 Å². The second-order valence-corrected chi connectivity index (χ2v) is 7.28. The third-order valence-electron chi connectivity index (χ3n) is 5.45. The molecule has 3 aromatic rings. The average Bonchev–Trinajstić information content (AvgIpc) is 3.11. The van der Waals surface area contributed by atoms with Crippen LogP contribution in [0.15, 0.2) is 41.5 Å². The minimum atomic E-state index is -1.21. The van der Waals surface area contributed by atoms with Crippen LogP contribution in [0.1, 0.15) is 34.8 Å². The monoisotopic (exact) mass is 394 g/mol. The van der Waals surface area contributed by atoms with Crippen LogP contribution < -0.4 is 5.56 Å². The summed E-state index contributed by atoms with van der Waals surface area (Å²) in [5.74, 6) is -1.27. The lowest BCUT2D eigenvalue weighted by Gasteiger charge is -2.29. The zero-order chi connectivity index (χ0) is 20.5. The highest BCUT2D eigenvalue weighted by atomic mass is 16.4. The average molecular weight is 394 g/mol. The van der Waals surface area contributed by atoms with Gasteiger partial charge < -0.3 is 14.6 Å². The zero-order valence-corrected chi connectivity index (χ0v) is 16.2. The number of carbonyl (C=O) groups is 2. The van der Waals surface area contributed by atoms with E-state index < -0.39 is 11.5 Å². The first-order valence-corrected chi connectivity index (χ1v) is 9.60. The summed E-state index contributed by atoms with van der Waals surface area (Å²) >= 11 is 0. The highest BCUT2D eigenvalue weighted by Crippen LogP contribution is 2.21. The number of nitrogens with zero attached hydrogens (tertiary/aromatic N) is 4. The fourth-order valence-corrected chi connectivity index (χ4v) is 3.96. The third-order valence-corrected chi connectivity index (χ3v) is 5.45. The Morgan fingerprint density at radius 1 is 1.21 bits per heavy atom. The Morgan fingerprint density at radius 2 is 2.00 bits per heavy atom. The van der Waals surface area contributed by atoms with E-state index in [9.17, 15) is 19.5 Å². The lowest BCUT2D eigenvalue weighted by molar-refractivity contribution is -0.129. The number of carboxylic acids is 1. The molecule has 8 heteroatoms. The van der Waals surface area contributed by atoms with Crippen molar-refractivity contribution < 1.29 is 14.7 Å². The molecule has 0 atom stereocenters. The standard InChI is InChI=1S/C21H22N4O4/c1-14(26)23-10-7-17-16(12-23)13-24(20(27)19(17)21(28)29)8-4-9-25-18-6-3-2-5-15(18)11-22-25/h2-3,5-6,11,13H,4,7-10,12H2,1H3,(H,28,29). The molecule has 0 spiro atoms. The van der Waals surface area contributed by atoms with Gasteiger partial charge in [0.1, 0.15) is 5.56 Å². The number of aromatic carboxylic acids is 1. The Hall–Kier alpha value is -3.42. The Morgan fingerprint density at radius 3 is 2.76 bits per heavy atom. The lowest BCUT2D eigenvalue weighted by atomic mass is 9.96. The summed E-state index contributed by atoms with van der Waals surface area (Å²) in [6, 6.07) is 7.90. The van der Waals surface area contributed by atoms with Crippen molar-refractivity contribution in [2.24, 2.45) is 0 Å². The van der Waals surface area contributed by atoms with Crippen molar-refractivity contribution in [3.05, 3.63) is 63.7 Å². The normalized spacial score (nSPS) is 13.5. The quantitative estimate of drug-likeness (QED) is 0.713. The van der Waals surface area contributed by atoms with Gasteiger partial charge in [0.15, 0.2) is 0 Å². The van der Waals surface area contributed by atoms with Gasteiger partial charge >= 0.3 is 5.97 Å². The molecule has 0 radical (unpaired) electrons. The Kier molecular flexibility index (Phi) is 4.92. The number of amides is 1. The number of hydrogen-bond donors (Lipinski definition) is 1. The van der Waals surface area contributed by atoms with E-state index in [4.69, 9.17) is 0 Å². The van der Waals surface area contributed by atoms with Crippen molar-refractivity contribution >= 4 is 22.8 Å². The molecule has 1 aliphatic heterocycles. The molecule has 1 aromatic carbocycles. The smallest absolute Gasteiger partial charge is 0.341 e. The molecular formula is C21H22N4O4. The lowest BCUT2D eigenvalue weighted by Crippen LogP contribution is -2.38. The summed E-state index contributed by atoms with van der Waals surface area (Å²) in [6.45, 7) is 3.24. The molecule has 8 nitrogen and oxygen atoms in total. The maximum atomic E-state index is 12.8. The number of carbonyl (C=O) groups excluding carboxylic acids is 1. The van der Waals surface area contributed by atoms with Crippen LogP contribution in [0.3, 0.4) is 0 Å². The molecule has 0 fully saturated rings. The maximum absolute atomic E-state index is 12.8. The summed E-state index contributed by atoms with van der Waals surface area (Å²) in [5, 5.41) is 15.0. The molecule has 0 bridgehead atoms. The van der Waals surface area contributed by atoms with Gasteiger partial charge in [0.05, 0.1) is 11.7 Å². The van der Waals surface area contributed by atoms with Gasteiger partial charge in [-0.25, -0.2) is 4.79 Å². The fraction of sp³-hybridized carbons (Fsp3) is 0.333. The molecule has 150 valence electrons. The van der Waals surface area contributed by atoms with E-state index in [2.05, 4.69) is 5.10 Å². The summed E-state index contributed by atoms with van der Waals surface area (Å²) in [7, 11) is 0. The molecule has 3 heterocycles. The Labute approximate surface area is 167 Å². The van der Waals surface area contributed by atoms with Crippen molar-refractivity contribution in [2.75, 3.05) is 6.54 Å². The number of carboxylic acid groups (broad SMARTS) is 1. The predicted octanol–water partition coefficient (Wildman–Crippen LogP) is 1.89. The first kappa shape index (κ1) is 18.9. The zero-order valence-electron chi connectivity index (χ0n) is 16.2. The highest BCUT2D eigenvalue weighted by Gasteiger charge is 2.26. The minimum Gasteiger partial charge on any atom is -0.477 e. The van der Waals surface area contributed by atoms with Gasteiger partial charge in [-0.05, 0) is 30.0 Å². The van der Waals surface area contributed by atoms with Crippen LogP contribution in [0.4, 0.5) is 0 Å². The number of hydrogen-bond acceptors (Lipinski definition) is 4. The number of fused-ring (bicyclic) bond motifs is 2. The number of benzene rings is 1. The second kappa shape index (κ2) is 7.54. The van der Waals surface area contributed by atoms with Crippen molar-refractivity contribution in [3.63, 3.8) is 0 Å². The van der Waals surface area contributed by atoms with Crippen molar-refractivity contribution in [1.82, 2.24) is 19.2 Å². The first-order valence-electron chi connectivity index (χ1n) is 9.60. The van der Waals surface area contributed by atoms with E-state index in [0.717, 1.165) is 16.5 Å². The van der Waals surface area contributed by atoms with Gasteiger partial charge in [0.2, 0.25) is 5.91 Å². The number of aryl methyl sites for hydroxylation is 2. The molecule has 0 saturated carbocycles. The van der Waals surface area contributed by atoms with Crippen LogP contribution >= 0.6 is 0 Å². The summed E-state index contributed by atoms with van der Waals surface area (Å²) in [6.07, 6.45) is 4.52. The van der Waals surface area contributed by atoms with Crippen LogP contribution in [0.25, 0.3) is 10.9 Å². The van der Waals surface area contributed by atoms with Gasteiger partial charge in [0.25, 0.3) is 5.56 Å². The van der Waals surface area contributed by atoms with E-state index in [1.807, 2.05) is 28.9 Å². The largest absolute Gasteiger partial charge is 0.477 e. The number of para-hydroxylation sites is 1. The third kappa shape index (κ3) is 3.53. The highest BCUT2D eigenvalue weighted by molar-refractivity contribution is 5.89. The van der Waals surface area contributed by atoms with Gasteiger partial charge in [-0.15, -0.1) is 0 Å². The minimum absolute atomic E-state index is 0.0594. The molecule has 4 rings (SSSR count). The van der Waals surface area contributed by atoms with Crippen LogP contribution in [-0.2, 0) is 30.8 Å². The number of pyridine rings is 1. The van der Waals surface area contributed by atoms with E-state index in [0.29, 0.717) is 44.6 Å². The number of rotatable bonds is 5. The van der Waals surface area contributed by atoms with Crippen LogP contribution in [-0.4, -0.2) is 42.8 Å². The van der Waals surface area contributed by atoms with Crippen LogP contribution in [0.2, 0.25) is 0 Å². The molecule has 1 aliphatic rings. The van der Waals surface area contributed by atoms with Crippen LogP contribution in [0.5, 0.6) is 0 Å². The molecule has 29 heavy (non-hydrogen) atoms. The van der Waals surface area contributed by atoms with Gasteiger partial charge in [-0.3, -0.25) is 14.3 Å². The molecule has 0 unspecified atom stereocenters. The van der Waals surface area contributed by atoms with Gasteiger partial charge in [-0.2, -0.15) is 5.10 Å². The summed E-state index contributed by atoms with van der Waals surface area (Å²) < 4.78 is 3.34. The van der Waals surface area contributed by atoms with Crippen LogP contribution in [0, 0.1) is 0 Å².